The lowest BCUT2D eigenvalue weighted by Gasteiger charge is -2.23. The molecule has 0 N–H and O–H groups in total. The van der Waals surface area contributed by atoms with E-state index in [0.29, 0.717) is 0 Å². The first kappa shape index (κ1) is 21.7. The van der Waals surface area contributed by atoms with Crippen LogP contribution in [0.5, 0.6) is 0 Å². The zero-order valence-corrected chi connectivity index (χ0v) is 17.2. The van der Waals surface area contributed by atoms with E-state index in [4.69, 9.17) is 0 Å². The van der Waals surface area contributed by atoms with Gasteiger partial charge in [-0.05, 0) is 48.0 Å². The molecule has 28 heavy (non-hydrogen) atoms. The highest BCUT2D eigenvalue weighted by molar-refractivity contribution is 7.80. The summed E-state index contributed by atoms with van der Waals surface area (Å²) >= 11 is 0. The maximum Gasteiger partial charge on any atom is 0.217 e. The molecule has 0 saturated heterocycles. The van der Waals surface area contributed by atoms with Crippen LogP contribution >= 0.6 is 0 Å². The molecule has 148 valence electrons. The third-order valence-corrected chi connectivity index (χ3v) is 4.35. The van der Waals surface area contributed by atoms with E-state index in [2.05, 4.69) is 84.9 Å². The molecule has 7 heteroatoms. The van der Waals surface area contributed by atoms with Gasteiger partial charge in [0.05, 0.1) is 39.5 Å². The highest BCUT2D eigenvalue weighted by Crippen LogP contribution is 2.19. The Morgan fingerprint density at radius 2 is 1.54 bits per heavy atom. The van der Waals surface area contributed by atoms with Crippen molar-refractivity contribution in [3.8, 4) is 0 Å². The second-order valence-electron chi connectivity index (χ2n) is 6.94. The molecule has 1 aromatic heterocycles. The second kappa shape index (κ2) is 9.07. The van der Waals surface area contributed by atoms with Gasteiger partial charge in [-0.1, -0.05) is 30.3 Å². The highest BCUT2D eigenvalue weighted by Gasteiger charge is 2.10. The summed E-state index contributed by atoms with van der Waals surface area (Å²) < 4.78 is 31.9. The molecule has 0 spiro atoms. The molecule has 0 aliphatic rings. The predicted octanol–water partition coefficient (Wildman–Crippen LogP) is 3.69. The summed E-state index contributed by atoms with van der Waals surface area (Å²) in [5, 5.41) is 1.17. The molecular formula is C21H24N2O4S. The van der Waals surface area contributed by atoms with Crippen molar-refractivity contribution in [1.82, 2.24) is 9.47 Å². The lowest BCUT2D eigenvalue weighted by molar-refractivity contribution is 0.314. The van der Waals surface area contributed by atoms with E-state index in [1.165, 1.54) is 16.6 Å². The molecule has 0 saturated carbocycles. The van der Waals surface area contributed by atoms with E-state index in [1.54, 1.807) is 0 Å². The summed E-state index contributed by atoms with van der Waals surface area (Å²) in [5.41, 5.74) is 4.49. The number of nitrogens with zero attached hydrogens (tertiary/aromatic N) is 2. The molecule has 0 aliphatic carbocycles. The van der Waals surface area contributed by atoms with Gasteiger partial charge in [0.15, 0.2) is 0 Å². The minimum Gasteiger partial charge on any atom is -0.726 e. The third kappa shape index (κ3) is 6.86. The Labute approximate surface area is 166 Å². The average molecular weight is 401 g/mol. The Morgan fingerprint density at radius 1 is 0.929 bits per heavy atom. The van der Waals surface area contributed by atoms with Gasteiger partial charge in [0.2, 0.25) is 10.4 Å². The van der Waals surface area contributed by atoms with Crippen molar-refractivity contribution in [3.63, 3.8) is 0 Å². The first-order valence-electron chi connectivity index (χ1n) is 8.56. The van der Waals surface area contributed by atoms with Crippen LogP contribution < -0.4 is 4.48 Å². The van der Waals surface area contributed by atoms with E-state index >= 15 is 0 Å². The Morgan fingerprint density at radius 3 is 2.11 bits per heavy atom. The Hall–Kier alpha value is -2.58. The predicted molar refractivity (Wildman–Crippen MR) is 113 cm³/mol. The van der Waals surface area contributed by atoms with Gasteiger partial charge < -0.3 is 4.55 Å². The minimum atomic E-state index is -4.41. The largest absolute Gasteiger partial charge is 0.726 e. The molecular weight excluding hydrogens is 376 g/mol. The summed E-state index contributed by atoms with van der Waals surface area (Å²) in [5.74, 6) is 0. The van der Waals surface area contributed by atoms with Crippen LogP contribution in [-0.4, -0.2) is 46.2 Å². The number of hydrogen-bond donors (Lipinski definition) is 0. The Bertz CT molecular complexity index is 1050. The van der Waals surface area contributed by atoms with Crippen LogP contribution in [0.4, 0.5) is 5.69 Å². The number of benzene rings is 2. The number of hydrogen-bond acceptors (Lipinski definition) is 5. The fraction of sp³-hybridized carbons (Fsp3) is 0.190. The lowest BCUT2D eigenvalue weighted by atomic mass is 10.1. The molecule has 0 atom stereocenters. The quantitative estimate of drug-likeness (QED) is 0.379. The number of quaternary nitrogens is 1. The molecule has 6 nitrogen and oxygen atoms in total. The molecule has 2 aromatic carbocycles. The maximum absolute atomic E-state index is 9.22. The van der Waals surface area contributed by atoms with Gasteiger partial charge in [-0.25, -0.2) is 13.4 Å². The van der Waals surface area contributed by atoms with Gasteiger partial charge in [0.1, 0.15) is 5.69 Å². The van der Waals surface area contributed by atoms with Crippen LogP contribution in [-0.2, 0) is 14.6 Å². The van der Waals surface area contributed by atoms with Crippen molar-refractivity contribution in [2.75, 3.05) is 28.3 Å². The molecule has 3 aromatic rings. The first-order chi connectivity index (χ1) is 13.1. The van der Waals surface area contributed by atoms with Crippen LogP contribution in [0, 0.1) is 0 Å². The zero-order chi connectivity index (χ0) is 20.8. The fourth-order valence-electron chi connectivity index (χ4n) is 2.39. The number of aromatic nitrogens is 1. The topological polar surface area (TPSA) is 79.3 Å². The highest BCUT2D eigenvalue weighted by atomic mass is 32.3. The van der Waals surface area contributed by atoms with E-state index in [0.717, 1.165) is 22.8 Å². The summed E-state index contributed by atoms with van der Waals surface area (Å²) in [6, 6.07) is 21.0. The van der Waals surface area contributed by atoms with Crippen molar-refractivity contribution in [2.45, 2.75) is 0 Å². The Balaban J connectivity index is 0.000000409. The van der Waals surface area contributed by atoms with Crippen molar-refractivity contribution in [3.05, 3.63) is 71.9 Å². The molecule has 0 fully saturated rings. The van der Waals surface area contributed by atoms with Crippen LogP contribution in [0.3, 0.4) is 0 Å². The van der Waals surface area contributed by atoms with E-state index < -0.39 is 10.4 Å². The average Bonchev–Trinajstić information content (AvgIpc) is 2.66. The van der Waals surface area contributed by atoms with Crippen molar-refractivity contribution >= 4 is 39.1 Å². The standard InChI is InChI=1S/C20H21N2.CH4O4S/c1-22(2,3)19-14-9-16(10-15-19)8-12-18-13-11-17-6-4-5-7-20(17)21-18;1-5-6(2,3)4/h4-15H,1-3H3;1H3,(H,2,3,4)/q+1;/p-1/b12-8+;. The number of fused-ring (bicyclic) bond motifs is 1. The van der Waals surface area contributed by atoms with Crippen molar-refractivity contribution in [2.24, 2.45) is 0 Å². The summed E-state index contributed by atoms with van der Waals surface area (Å²) in [7, 11) is 2.91. The molecule has 0 amide bonds. The first-order valence-corrected chi connectivity index (χ1v) is 9.89. The summed E-state index contributed by atoms with van der Waals surface area (Å²) in [6.45, 7) is 0. The van der Waals surface area contributed by atoms with Crippen molar-refractivity contribution < 1.29 is 17.2 Å². The molecule has 0 aliphatic heterocycles. The van der Waals surface area contributed by atoms with Gasteiger partial charge in [-0.2, -0.15) is 0 Å². The lowest BCUT2D eigenvalue weighted by Crippen LogP contribution is -2.34. The SMILES string of the molecule is COS(=O)(=O)[O-].C[N+](C)(C)c1ccc(/C=C/c2ccc3ccccc3n2)cc1. The number of pyridine rings is 1. The normalized spacial score (nSPS) is 12.0. The monoisotopic (exact) mass is 400 g/mol. The second-order valence-corrected chi connectivity index (χ2v) is 8.09. The molecule has 0 unspecified atom stereocenters. The van der Waals surface area contributed by atoms with E-state index in [9.17, 15) is 13.0 Å². The fourth-order valence-corrected chi connectivity index (χ4v) is 2.39. The van der Waals surface area contributed by atoms with Crippen molar-refractivity contribution in [1.29, 1.82) is 0 Å². The number of para-hydroxylation sites is 1. The van der Waals surface area contributed by atoms with Gasteiger partial charge in [-0.3, -0.25) is 8.67 Å². The summed E-state index contributed by atoms with van der Waals surface area (Å²) in [6.07, 6.45) is 4.17. The zero-order valence-electron chi connectivity index (χ0n) is 16.4. The van der Waals surface area contributed by atoms with Gasteiger partial charge >= 0.3 is 0 Å². The molecule has 3 rings (SSSR count). The summed E-state index contributed by atoms with van der Waals surface area (Å²) in [4.78, 5) is 4.66. The van der Waals surface area contributed by atoms with E-state index in [-0.39, 0.29) is 0 Å². The molecule has 0 bridgehead atoms. The number of rotatable bonds is 4. The third-order valence-electron chi connectivity index (χ3n) is 3.94. The van der Waals surface area contributed by atoms with E-state index in [1.807, 2.05) is 18.2 Å². The smallest absolute Gasteiger partial charge is 0.217 e. The van der Waals surface area contributed by atoms with Gasteiger partial charge in [-0.15, -0.1) is 0 Å². The van der Waals surface area contributed by atoms with Gasteiger partial charge in [0, 0.05) is 5.39 Å². The van der Waals surface area contributed by atoms with Crippen LogP contribution in [0.25, 0.3) is 23.1 Å². The van der Waals surface area contributed by atoms with Gasteiger partial charge in [0.25, 0.3) is 0 Å². The maximum atomic E-state index is 9.22. The van der Waals surface area contributed by atoms with Crippen LogP contribution in [0.2, 0.25) is 0 Å². The molecule has 1 heterocycles. The minimum absolute atomic E-state index is 0.808. The van der Waals surface area contributed by atoms with Crippen LogP contribution in [0.15, 0.2) is 60.7 Å². The molecule has 0 radical (unpaired) electrons. The van der Waals surface area contributed by atoms with Crippen LogP contribution in [0.1, 0.15) is 11.3 Å². The Kier molecular flexibility index (Phi) is 7.04.